The first kappa shape index (κ1) is 24.1. The maximum Gasteiger partial charge on any atom is 0.265 e. The highest BCUT2D eigenvalue weighted by Gasteiger charge is 2.18. The predicted molar refractivity (Wildman–Crippen MR) is 139 cm³/mol. The number of benzene rings is 3. The molecular formula is C27H20F2N4O3S. The van der Waals surface area contributed by atoms with Gasteiger partial charge in [0.25, 0.3) is 5.91 Å². The number of nitrogens with zero attached hydrogens (tertiary/aromatic N) is 2. The van der Waals surface area contributed by atoms with Crippen LogP contribution in [0.1, 0.15) is 10.5 Å². The van der Waals surface area contributed by atoms with Crippen molar-refractivity contribution in [3.63, 3.8) is 0 Å². The summed E-state index contributed by atoms with van der Waals surface area (Å²) in [6, 6.07) is 18.5. The van der Waals surface area contributed by atoms with E-state index in [9.17, 15) is 22.0 Å². The van der Waals surface area contributed by atoms with Gasteiger partial charge in [0.05, 0.1) is 17.5 Å². The van der Waals surface area contributed by atoms with E-state index in [0.717, 1.165) is 17.9 Å². The minimum absolute atomic E-state index is 0.143. The molecule has 0 spiro atoms. The number of primary amides is 1. The van der Waals surface area contributed by atoms with Crippen LogP contribution in [0.25, 0.3) is 38.8 Å². The first-order chi connectivity index (χ1) is 17.6. The number of amides is 1. The molecule has 5 rings (SSSR count). The number of nitrogens with two attached hydrogens (primary N) is 1. The molecule has 37 heavy (non-hydrogen) atoms. The van der Waals surface area contributed by atoms with Crippen LogP contribution in [0.3, 0.4) is 0 Å². The molecule has 7 nitrogen and oxygen atoms in total. The molecule has 3 aromatic carbocycles. The second-order valence-corrected chi connectivity index (χ2v) is 10.3. The second-order valence-electron chi connectivity index (χ2n) is 8.51. The number of carbonyl (C=O) groups excluding carboxylic acids is 1. The van der Waals surface area contributed by atoms with Crippen LogP contribution < -0.4 is 10.5 Å². The predicted octanol–water partition coefficient (Wildman–Crippen LogP) is 5.11. The van der Waals surface area contributed by atoms with Crippen molar-refractivity contribution in [2.45, 2.75) is 0 Å². The van der Waals surface area contributed by atoms with Gasteiger partial charge in [-0.15, -0.1) is 0 Å². The monoisotopic (exact) mass is 518 g/mol. The third-order valence-electron chi connectivity index (χ3n) is 5.79. The molecule has 0 aliphatic rings. The van der Waals surface area contributed by atoms with Gasteiger partial charge >= 0.3 is 0 Å². The van der Waals surface area contributed by atoms with Gasteiger partial charge in [-0.25, -0.2) is 17.2 Å². The molecule has 0 unspecified atom stereocenters. The molecule has 0 bridgehead atoms. The number of pyridine rings is 1. The van der Waals surface area contributed by atoms with Crippen LogP contribution in [0.4, 0.5) is 14.5 Å². The standard InChI is InChI=1S/C27H20F2N4O3S/c1-37(35,36)32-21-4-2-17-13-26(27(30)34)33(25(17)15-21)22-11-18(16-6-8-31-9-7-16)10-19(12-22)23-5-3-20(28)14-24(23)29/h2-15,32H,1H3,(H2,30,34). The van der Waals surface area contributed by atoms with Gasteiger partial charge in [0.1, 0.15) is 17.3 Å². The lowest BCUT2D eigenvalue weighted by atomic mass is 9.98. The molecule has 186 valence electrons. The molecule has 0 atom stereocenters. The first-order valence-corrected chi connectivity index (χ1v) is 12.9. The Labute approximate surface area is 211 Å². The van der Waals surface area contributed by atoms with Crippen molar-refractivity contribution in [2.75, 3.05) is 11.0 Å². The van der Waals surface area contributed by atoms with Gasteiger partial charge in [0.15, 0.2) is 0 Å². The summed E-state index contributed by atoms with van der Waals surface area (Å²) in [5.41, 5.74) is 9.17. The van der Waals surface area contributed by atoms with Crippen molar-refractivity contribution in [1.29, 1.82) is 0 Å². The molecule has 1 amide bonds. The zero-order chi connectivity index (χ0) is 26.3. The topological polar surface area (TPSA) is 107 Å². The fourth-order valence-corrected chi connectivity index (χ4v) is 4.82. The van der Waals surface area contributed by atoms with Crippen LogP contribution in [0, 0.1) is 11.6 Å². The summed E-state index contributed by atoms with van der Waals surface area (Å²) in [5.74, 6) is -2.16. The van der Waals surface area contributed by atoms with Gasteiger partial charge in [-0.3, -0.25) is 14.5 Å². The Kier molecular flexibility index (Phi) is 5.96. The molecule has 5 aromatic rings. The Morgan fingerprint density at radius 2 is 1.62 bits per heavy atom. The number of aromatic nitrogens is 2. The number of hydrogen-bond acceptors (Lipinski definition) is 4. The molecule has 0 aliphatic heterocycles. The van der Waals surface area contributed by atoms with Crippen molar-refractivity contribution < 1.29 is 22.0 Å². The minimum Gasteiger partial charge on any atom is -0.364 e. The fourth-order valence-electron chi connectivity index (χ4n) is 4.27. The highest BCUT2D eigenvalue weighted by Crippen LogP contribution is 2.34. The van der Waals surface area contributed by atoms with Gasteiger partial charge in [0.2, 0.25) is 10.0 Å². The average molecular weight is 519 g/mol. The van der Waals surface area contributed by atoms with Gasteiger partial charge in [0, 0.05) is 35.1 Å². The Bertz CT molecular complexity index is 1790. The Hall–Kier alpha value is -4.57. The number of carbonyl (C=O) groups is 1. The van der Waals surface area contributed by atoms with Crippen LogP contribution in [0.2, 0.25) is 0 Å². The van der Waals surface area contributed by atoms with E-state index in [1.54, 1.807) is 71.6 Å². The maximum atomic E-state index is 14.8. The van der Waals surface area contributed by atoms with E-state index in [2.05, 4.69) is 9.71 Å². The lowest BCUT2D eigenvalue weighted by Crippen LogP contribution is -2.16. The quantitative estimate of drug-likeness (QED) is 0.326. The van der Waals surface area contributed by atoms with Gasteiger partial charge in [-0.05, 0) is 77.4 Å². The summed E-state index contributed by atoms with van der Waals surface area (Å²) in [5, 5.41) is 0.636. The Morgan fingerprint density at radius 1 is 0.892 bits per heavy atom. The largest absolute Gasteiger partial charge is 0.364 e. The fraction of sp³-hybridized carbons (Fsp3) is 0.0370. The molecule has 10 heteroatoms. The lowest BCUT2D eigenvalue weighted by Gasteiger charge is -2.15. The number of anilines is 1. The second kappa shape index (κ2) is 9.14. The summed E-state index contributed by atoms with van der Waals surface area (Å²) in [6.07, 6.45) is 4.26. The molecular weight excluding hydrogens is 498 g/mol. The van der Waals surface area contributed by atoms with Crippen molar-refractivity contribution in [3.8, 4) is 27.9 Å². The number of halogens is 2. The van der Waals surface area contributed by atoms with Crippen molar-refractivity contribution in [1.82, 2.24) is 9.55 Å². The molecule has 2 aromatic heterocycles. The minimum atomic E-state index is -3.56. The number of nitrogens with one attached hydrogen (secondary N) is 1. The average Bonchev–Trinajstić information content (AvgIpc) is 3.22. The van der Waals surface area contributed by atoms with E-state index < -0.39 is 27.6 Å². The van der Waals surface area contributed by atoms with Crippen molar-refractivity contribution in [3.05, 3.63) is 103 Å². The van der Waals surface area contributed by atoms with Crippen molar-refractivity contribution >= 4 is 32.5 Å². The smallest absolute Gasteiger partial charge is 0.265 e. The van der Waals surface area contributed by atoms with Gasteiger partial charge in [-0.2, -0.15) is 0 Å². The van der Waals surface area contributed by atoms with Crippen LogP contribution in [-0.2, 0) is 10.0 Å². The summed E-state index contributed by atoms with van der Waals surface area (Å²) in [6.45, 7) is 0. The Balaban J connectivity index is 1.82. The first-order valence-electron chi connectivity index (χ1n) is 11.0. The van der Waals surface area contributed by atoms with E-state index in [1.807, 2.05) is 0 Å². The molecule has 0 aliphatic carbocycles. The molecule has 0 radical (unpaired) electrons. The number of sulfonamides is 1. The summed E-state index contributed by atoms with van der Waals surface area (Å²) >= 11 is 0. The molecule has 3 N–H and O–H groups in total. The third kappa shape index (κ3) is 4.91. The summed E-state index contributed by atoms with van der Waals surface area (Å²) in [7, 11) is -3.56. The Morgan fingerprint density at radius 3 is 2.30 bits per heavy atom. The zero-order valence-corrected chi connectivity index (χ0v) is 20.3. The van der Waals surface area contributed by atoms with Gasteiger partial charge < -0.3 is 10.3 Å². The van der Waals surface area contributed by atoms with E-state index in [1.165, 1.54) is 12.1 Å². The normalized spacial score (nSPS) is 11.5. The summed E-state index contributed by atoms with van der Waals surface area (Å²) in [4.78, 5) is 16.5. The van der Waals surface area contributed by atoms with Crippen LogP contribution in [0.15, 0.2) is 85.2 Å². The third-order valence-corrected chi connectivity index (χ3v) is 6.40. The highest BCUT2D eigenvalue weighted by molar-refractivity contribution is 7.92. The molecule has 0 saturated carbocycles. The van der Waals surface area contributed by atoms with E-state index >= 15 is 0 Å². The molecule has 2 heterocycles. The van der Waals surface area contributed by atoms with E-state index in [4.69, 9.17) is 5.73 Å². The van der Waals surface area contributed by atoms with Crippen LogP contribution >= 0.6 is 0 Å². The maximum absolute atomic E-state index is 14.8. The van der Waals surface area contributed by atoms with Gasteiger partial charge in [-0.1, -0.05) is 6.07 Å². The summed E-state index contributed by atoms with van der Waals surface area (Å²) < 4.78 is 56.1. The SMILES string of the molecule is CS(=O)(=O)Nc1ccc2cc(C(N)=O)n(-c3cc(-c4ccncc4)cc(-c4ccc(F)cc4F)c3)c2c1. The van der Waals surface area contributed by atoms with E-state index in [-0.39, 0.29) is 11.3 Å². The number of rotatable bonds is 6. The molecule has 0 fully saturated rings. The van der Waals surface area contributed by atoms with E-state index in [0.29, 0.717) is 33.4 Å². The number of hydrogen-bond donors (Lipinski definition) is 2. The highest BCUT2D eigenvalue weighted by atomic mass is 32.2. The van der Waals surface area contributed by atoms with Crippen LogP contribution in [0.5, 0.6) is 0 Å². The van der Waals surface area contributed by atoms with Crippen LogP contribution in [-0.4, -0.2) is 30.1 Å². The van der Waals surface area contributed by atoms with Crippen molar-refractivity contribution in [2.24, 2.45) is 5.73 Å². The molecule has 0 saturated heterocycles. The number of fused-ring (bicyclic) bond motifs is 1. The lowest BCUT2D eigenvalue weighted by molar-refractivity contribution is 0.0994. The zero-order valence-electron chi connectivity index (χ0n) is 19.4.